The number of carbonyl (C=O) groups excluding carboxylic acids is 3. The number of anilines is 2. The summed E-state index contributed by atoms with van der Waals surface area (Å²) in [6.07, 6.45) is 4.76. The molecular formula is C27H28Cl2N4O3. The lowest BCUT2D eigenvalue weighted by molar-refractivity contribution is -0.127. The van der Waals surface area contributed by atoms with Crippen molar-refractivity contribution in [3.05, 3.63) is 69.3 Å². The summed E-state index contributed by atoms with van der Waals surface area (Å²) in [7, 11) is 0. The molecule has 7 nitrogen and oxygen atoms in total. The molecule has 0 bridgehead atoms. The van der Waals surface area contributed by atoms with Gasteiger partial charge in [0, 0.05) is 33.5 Å². The third kappa shape index (κ3) is 5.13. The Morgan fingerprint density at radius 3 is 2.50 bits per heavy atom. The van der Waals surface area contributed by atoms with E-state index >= 15 is 0 Å². The molecule has 0 atom stereocenters. The molecule has 2 aromatic rings. The predicted molar refractivity (Wildman–Crippen MR) is 145 cm³/mol. The number of carbonyl (C=O) groups is 3. The second-order valence-electron chi connectivity index (χ2n) is 9.46. The third-order valence-electron chi connectivity index (χ3n) is 6.24. The van der Waals surface area contributed by atoms with E-state index in [2.05, 4.69) is 49.3 Å². The molecule has 2 aliphatic rings. The third-order valence-corrected chi connectivity index (χ3v) is 6.81. The lowest BCUT2D eigenvalue weighted by atomic mass is 9.87. The van der Waals surface area contributed by atoms with E-state index in [0.29, 0.717) is 21.3 Å². The van der Waals surface area contributed by atoms with Gasteiger partial charge < -0.3 is 15.5 Å². The number of imide groups is 1. The molecule has 36 heavy (non-hydrogen) atoms. The molecule has 2 aliphatic heterocycles. The van der Waals surface area contributed by atoms with Gasteiger partial charge >= 0.3 is 6.03 Å². The van der Waals surface area contributed by atoms with Gasteiger partial charge in [-0.3, -0.25) is 9.59 Å². The molecule has 4 rings (SSSR count). The molecule has 188 valence electrons. The zero-order valence-electron chi connectivity index (χ0n) is 20.6. The highest BCUT2D eigenvalue weighted by Crippen LogP contribution is 2.42. The van der Waals surface area contributed by atoms with E-state index in [1.165, 1.54) is 0 Å². The zero-order valence-corrected chi connectivity index (χ0v) is 22.1. The van der Waals surface area contributed by atoms with Crippen molar-refractivity contribution < 1.29 is 14.4 Å². The highest BCUT2D eigenvalue weighted by Gasteiger charge is 2.36. The van der Waals surface area contributed by atoms with E-state index in [1.54, 1.807) is 30.3 Å². The van der Waals surface area contributed by atoms with E-state index in [9.17, 15) is 14.4 Å². The van der Waals surface area contributed by atoms with Gasteiger partial charge in [0.1, 0.15) is 12.2 Å². The van der Waals surface area contributed by atoms with Gasteiger partial charge in [0.25, 0.3) is 5.91 Å². The number of nitrogens with one attached hydrogen (secondary N) is 2. The normalized spacial score (nSPS) is 17.7. The van der Waals surface area contributed by atoms with Gasteiger partial charge in [0.05, 0.1) is 5.54 Å². The Balaban J connectivity index is 1.57. The first-order valence-corrected chi connectivity index (χ1v) is 12.5. The van der Waals surface area contributed by atoms with Gasteiger partial charge in [0.15, 0.2) is 0 Å². The van der Waals surface area contributed by atoms with E-state index in [1.807, 2.05) is 12.1 Å². The quantitative estimate of drug-likeness (QED) is 0.360. The molecule has 2 aromatic carbocycles. The van der Waals surface area contributed by atoms with Crippen molar-refractivity contribution in [3.63, 3.8) is 0 Å². The molecule has 0 spiro atoms. The molecule has 9 heteroatoms. The highest BCUT2D eigenvalue weighted by atomic mass is 35.5. The minimum absolute atomic E-state index is 0.0596. The average Bonchev–Trinajstić information content (AvgIpc) is 3.06. The first-order chi connectivity index (χ1) is 17.0. The van der Waals surface area contributed by atoms with E-state index in [0.717, 1.165) is 34.7 Å². The van der Waals surface area contributed by atoms with Crippen LogP contribution in [0, 0.1) is 0 Å². The molecule has 0 aromatic heterocycles. The van der Waals surface area contributed by atoms with Crippen molar-refractivity contribution in [2.24, 2.45) is 0 Å². The number of hydrogen-bond donors (Lipinski definition) is 2. The van der Waals surface area contributed by atoms with E-state index < -0.39 is 24.4 Å². The minimum atomic E-state index is -0.668. The average molecular weight is 527 g/mol. The number of fused-ring (bicyclic) bond motifs is 1. The van der Waals surface area contributed by atoms with Crippen molar-refractivity contribution in [1.82, 2.24) is 10.2 Å². The van der Waals surface area contributed by atoms with Crippen LogP contribution in [0.3, 0.4) is 0 Å². The van der Waals surface area contributed by atoms with Crippen LogP contribution in [0.15, 0.2) is 48.2 Å². The SMILES string of the molecule is CCCN1c2cc(Cl)c(/C=C3/NC(=O)N(CC(=O)Nc4ccc(Cl)cc4)C3=O)cc2C(C)=CC1(C)C. The zero-order chi connectivity index (χ0) is 26.2. The molecule has 0 unspecified atom stereocenters. The van der Waals surface area contributed by atoms with Gasteiger partial charge in [-0.2, -0.15) is 0 Å². The van der Waals surface area contributed by atoms with Crippen molar-refractivity contribution in [1.29, 1.82) is 0 Å². The molecule has 1 fully saturated rings. The number of rotatable bonds is 6. The molecule has 0 aliphatic carbocycles. The summed E-state index contributed by atoms with van der Waals surface area (Å²) in [5.41, 5.74) is 4.20. The van der Waals surface area contributed by atoms with Crippen LogP contribution in [0.4, 0.5) is 16.2 Å². The molecule has 1 saturated heterocycles. The van der Waals surface area contributed by atoms with Crippen LogP contribution in [0.2, 0.25) is 10.0 Å². The number of allylic oxidation sites excluding steroid dienone is 1. The summed E-state index contributed by atoms with van der Waals surface area (Å²) in [5, 5.41) is 6.20. The molecule has 0 radical (unpaired) electrons. The standard InChI is InChI=1S/C27H28Cl2N4O3/c1-5-10-33-23-13-21(29)17(11-20(23)16(2)14-27(33,3)4)12-22-25(35)32(26(36)31-22)15-24(34)30-19-8-6-18(28)7-9-19/h6-9,11-14H,5,10,15H2,1-4H3,(H,30,34)(H,31,36)/b22-12+. The Labute approximate surface area is 220 Å². The molecular weight excluding hydrogens is 499 g/mol. The Morgan fingerprint density at radius 2 is 1.83 bits per heavy atom. The number of benzene rings is 2. The number of nitrogens with zero attached hydrogens (tertiary/aromatic N) is 2. The second kappa shape index (κ2) is 9.99. The summed E-state index contributed by atoms with van der Waals surface area (Å²) in [6.45, 7) is 8.98. The summed E-state index contributed by atoms with van der Waals surface area (Å²) in [4.78, 5) is 41.0. The van der Waals surface area contributed by atoms with Gasteiger partial charge in [-0.05, 0) is 80.8 Å². The van der Waals surface area contributed by atoms with Crippen LogP contribution < -0.4 is 15.5 Å². The van der Waals surface area contributed by atoms with Crippen LogP contribution in [0.25, 0.3) is 11.6 Å². The Kier molecular flexibility index (Phi) is 7.16. The summed E-state index contributed by atoms with van der Waals surface area (Å²) in [5.74, 6) is -1.10. The van der Waals surface area contributed by atoms with Crippen LogP contribution >= 0.6 is 23.2 Å². The van der Waals surface area contributed by atoms with Crippen molar-refractivity contribution in [2.75, 3.05) is 23.3 Å². The fraction of sp³-hybridized carbons (Fsp3) is 0.296. The Bertz CT molecular complexity index is 1300. The number of urea groups is 1. The molecule has 2 heterocycles. The summed E-state index contributed by atoms with van der Waals surface area (Å²) >= 11 is 12.5. The maximum absolute atomic E-state index is 13.0. The summed E-state index contributed by atoms with van der Waals surface area (Å²) in [6, 6.07) is 9.71. The van der Waals surface area contributed by atoms with Gasteiger partial charge in [-0.1, -0.05) is 36.2 Å². The highest BCUT2D eigenvalue weighted by molar-refractivity contribution is 6.33. The van der Waals surface area contributed by atoms with Gasteiger partial charge in [-0.15, -0.1) is 0 Å². The van der Waals surface area contributed by atoms with E-state index in [4.69, 9.17) is 23.2 Å². The van der Waals surface area contributed by atoms with Gasteiger partial charge in [-0.25, -0.2) is 9.69 Å². The van der Waals surface area contributed by atoms with Crippen molar-refractivity contribution in [3.8, 4) is 0 Å². The predicted octanol–water partition coefficient (Wildman–Crippen LogP) is 5.94. The fourth-order valence-electron chi connectivity index (χ4n) is 4.61. The molecule has 2 N–H and O–H groups in total. The topological polar surface area (TPSA) is 81.8 Å². The fourth-order valence-corrected chi connectivity index (χ4v) is 4.94. The monoisotopic (exact) mass is 526 g/mol. The molecule has 0 saturated carbocycles. The lowest BCUT2D eigenvalue weighted by Gasteiger charge is -2.43. The van der Waals surface area contributed by atoms with Crippen LogP contribution in [-0.2, 0) is 9.59 Å². The van der Waals surface area contributed by atoms with Crippen molar-refractivity contribution in [2.45, 2.75) is 39.7 Å². The smallest absolute Gasteiger partial charge is 0.329 e. The molecule has 4 amide bonds. The maximum Gasteiger partial charge on any atom is 0.329 e. The number of hydrogen-bond acceptors (Lipinski definition) is 4. The van der Waals surface area contributed by atoms with Crippen LogP contribution in [0.5, 0.6) is 0 Å². The Morgan fingerprint density at radius 1 is 1.14 bits per heavy atom. The minimum Gasteiger partial charge on any atom is -0.362 e. The first kappa shape index (κ1) is 25.8. The number of halogens is 2. The van der Waals surface area contributed by atoms with Gasteiger partial charge in [0.2, 0.25) is 5.91 Å². The largest absolute Gasteiger partial charge is 0.362 e. The Hall–Kier alpha value is -3.29. The number of amides is 4. The van der Waals surface area contributed by atoms with Crippen LogP contribution in [0.1, 0.15) is 45.2 Å². The lowest BCUT2D eigenvalue weighted by Crippen LogP contribution is -2.45. The summed E-state index contributed by atoms with van der Waals surface area (Å²) < 4.78 is 0. The first-order valence-electron chi connectivity index (χ1n) is 11.7. The van der Waals surface area contributed by atoms with Crippen LogP contribution in [-0.4, -0.2) is 41.4 Å². The van der Waals surface area contributed by atoms with Crippen molar-refractivity contribution >= 4 is 64.1 Å². The maximum atomic E-state index is 13.0. The second-order valence-corrected chi connectivity index (χ2v) is 10.3. The van der Waals surface area contributed by atoms with E-state index in [-0.39, 0.29) is 11.2 Å².